The monoisotopic (exact) mass is 468 g/mol. The Hall–Kier alpha value is -1.97. The van der Waals surface area contributed by atoms with E-state index in [-0.39, 0.29) is 16.6 Å². The molecule has 2 aliphatic heterocycles. The maximum atomic E-state index is 7.50. The molecule has 0 radical (unpaired) electrons. The minimum Gasteiger partial charge on any atom is -0.359 e. The third-order valence-electron chi connectivity index (χ3n) is 11.1. The molecule has 3 nitrogen and oxygen atoms in total. The zero-order chi connectivity index (χ0) is 24.0. The Labute approximate surface area is 210 Å². The van der Waals surface area contributed by atoms with Crippen LogP contribution in [0.2, 0.25) is 0 Å². The fourth-order valence-corrected chi connectivity index (χ4v) is 9.02. The number of benzene rings is 1. The van der Waals surface area contributed by atoms with E-state index in [2.05, 4.69) is 74.1 Å². The normalized spacial score (nSPS) is 39.9. The van der Waals surface area contributed by atoms with Crippen molar-refractivity contribution in [1.82, 2.24) is 9.88 Å². The van der Waals surface area contributed by atoms with E-state index < -0.39 is 0 Å². The smallest absolute Gasteiger partial charge is 0.0974 e. The van der Waals surface area contributed by atoms with Gasteiger partial charge in [-0.25, -0.2) is 0 Å². The second-order valence-corrected chi connectivity index (χ2v) is 12.8. The highest BCUT2D eigenvalue weighted by atomic mass is 16.5. The van der Waals surface area contributed by atoms with Crippen LogP contribution in [0.4, 0.5) is 0 Å². The molecule has 184 valence electrons. The molecule has 2 aromatic rings. The summed E-state index contributed by atoms with van der Waals surface area (Å²) in [5, 5.41) is 2.56. The van der Waals surface area contributed by atoms with Gasteiger partial charge in [-0.3, -0.25) is 4.98 Å². The summed E-state index contributed by atoms with van der Waals surface area (Å²) in [4.78, 5) is 6.98. The van der Waals surface area contributed by atoms with E-state index in [0.717, 1.165) is 0 Å². The van der Waals surface area contributed by atoms with Gasteiger partial charge in [0, 0.05) is 29.9 Å². The highest BCUT2D eigenvalue weighted by molar-refractivity contribution is 5.82. The molecule has 0 amide bonds. The second kappa shape index (κ2) is 7.52. The third kappa shape index (κ3) is 3.01. The van der Waals surface area contributed by atoms with Gasteiger partial charge < -0.3 is 9.64 Å². The molecule has 1 aromatic carbocycles. The first-order valence-corrected chi connectivity index (χ1v) is 14.0. The predicted molar refractivity (Wildman–Crippen MR) is 142 cm³/mol. The predicted octanol–water partition coefficient (Wildman–Crippen LogP) is 7.19. The molecule has 3 aliphatic carbocycles. The quantitative estimate of drug-likeness (QED) is 0.477. The summed E-state index contributed by atoms with van der Waals surface area (Å²) in [6, 6.07) is 10.4. The van der Waals surface area contributed by atoms with Crippen LogP contribution in [0.5, 0.6) is 0 Å². The van der Waals surface area contributed by atoms with Gasteiger partial charge in [0.15, 0.2) is 0 Å². The standard InChI is InChI=1S/C32H40N2O/c1-21(2)34(4)27-8-7-25-18-26-11-13-30(3)28(23-6-5-22-12-16-33-20-24(22)17-23)9-10-29(30)32(26)15-14-31(25,19-27)35-32/h5-6,11-12,16-18,20-21,27-29H,7-10,13-15,19H2,1-4H3/t27-,28?,29+,30+,31+,32+/m0/s1. The zero-order valence-electron chi connectivity index (χ0n) is 21.9. The molecule has 3 heteroatoms. The van der Waals surface area contributed by atoms with E-state index in [0.29, 0.717) is 23.9 Å². The van der Waals surface area contributed by atoms with Gasteiger partial charge in [-0.1, -0.05) is 31.2 Å². The van der Waals surface area contributed by atoms with Crippen LogP contribution in [-0.4, -0.2) is 40.2 Å². The summed E-state index contributed by atoms with van der Waals surface area (Å²) >= 11 is 0. The summed E-state index contributed by atoms with van der Waals surface area (Å²) in [6.07, 6.45) is 18.9. The lowest BCUT2D eigenvalue weighted by molar-refractivity contribution is -0.141. The lowest BCUT2D eigenvalue weighted by atomic mass is 9.58. The van der Waals surface area contributed by atoms with E-state index in [1.165, 1.54) is 73.3 Å². The van der Waals surface area contributed by atoms with Crippen molar-refractivity contribution in [3.8, 4) is 0 Å². The summed E-state index contributed by atoms with van der Waals surface area (Å²) < 4.78 is 7.50. The lowest BCUT2D eigenvalue weighted by Gasteiger charge is -2.55. The summed E-state index contributed by atoms with van der Waals surface area (Å²) in [6.45, 7) is 7.24. The molecule has 1 unspecified atom stereocenters. The molecule has 3 heterocycles. The van der Waals surface area contributed by atoms with Gasteiger partial charge in [-0.15, -0.1) is 0 Å². The maximum Gasteiger partial charge on any atom is 0.0974 e. The highest BCUT2D eigenvalue weighted by Gasteiger charge is 2.66. The summed E-state index contributed by atoms with van der Waals surface area (Å²) in [5.41, 5.74) is 4.79. The van der Waals surface area contributed by atoms with Crippen LogP contribution in [0.25, 0.3) is 10.8 Å². The van der Waals surface area contributed by atoms with Crippen molar-refractivity contribution in [3.63, 3.8) is 0 Å². The van der Waals surface area contributed by atoms with Gasteiger partial charge >= 0.3 is 0 Å². The number of rotatable bonds is 3. The molecule has 0 N–H and O–H groups in total. The van der Waals surface area contributed by atoms with E-state index in [1.54, 1.807) is 5.57 Å². The highest BCUT2D eigenvalue weighted by Crippen LogP contribution is 2.69. The van der Waals surface area contributed by atoms with Gasteiger partial charge in [0.25, 0.3) is 0 Å². The van der Waals surface area contributed by atoms with Crippen molar-refractivity contribution in [2.45, 2.75) is 101 Å². The number of allylic oxidation sites excluding steroid dienone is 1. The van der Waals surface area contributed by atoms with Crippen LogP contribution < -0.4 is 0 Å². The Kier molecular flexibility index (Phi) is 4.78. The molecule has 2 bridgehead atoms. The number of ether oxygens (including phenoxy) is 1. The van der Waals surface area contributed by atoms with Crippen LogP contribution in [0.15, 0.2) is 60.0 Å². The second-order valence-electron chi connectivity index (χ2n) is 12.8. The molecule has 3 fully saturated rings. The zero-order valence-corrected chi connectivity index (χ0v) is 21.9. The molecular weight excluding hydrogens is 428 g/mol. The minimum atomic E-state index is -0.0675. The number of fused-ring (bicyclic) bond motifs is 2. The molecule has 2 saturated carbocycles. The lowest BCUT2D eigenvalue weighted by Crippen LogP contribution is -2.55. The van der Waals surface area contributed by atoms with Gasteiger partial charge in [0.1, 0.15) is 0 Å². The van der Waals surface area contributed by atoms with Crippen molar-refractivity contribution in [3.05, 3.63) is 65.5 Å². The maximum absolute atomic E-state index is 7.50. The molecular formula is C32H40N2O. The molecule has 7 rings (SSSR count). The van der Waals surface area contributed by atoms with Crippen molar-refractivity contribution in [2.75, 3.05) is 7.05 Å². The van der Waals surface area contributed by atoms with Gasteiger partial charge in [0.2, 0.25) is 0 Å². The fraction of sp³-hybridized carbons (Fsp3) is 0.594. The van der Waals surface area contributed by atoms with Crippen LogP contribution in [0, 0.1) is 11.3 Å². The van der Waals surface area contributed by atoms with Crippen LogP contribution >= 0.6 is 0 Å². The average Bonchev–Trinajstić information content (AvgIpc) is 3.38. The van der Waals surface area contributed by atoms with Crippen molar-refractivity contribution < 1.29 is 4.74 Å². The minimum absolute atomic E-state index is 0.0195. The van der Waals surface area contributed by atoms with Crippen LogP contribution in [0.3, 0.4) is 0 Å². The van der Waals surface area contributed by atoms with Crippen LogP contribution in [0.1, 0.15) is 83.6 Å². The van der Waals surface area contributed by atoms with Gasteiger partial charge in [-0.2, -0.15) is 0 Å². The molecule has 1 saturated heterocycles. The van der Waals surface area contributed by atoms with E-state index in [1.807, 2.05) is 12.4 Å². The Morgan fingerprint density at radius 3 is 2.83 bits per heavy atom. The largest absolute Gasteiger partial charge is 0.359 e. The number of hydrogen-bond donors (Lipinski definition) is 0. The molecule has 5 aliphatic rings. The Morgan fingerprint density at radius 1 is 1.09 bits per heavy atom. The van der Waals surface area contributed by atoms with Crippen molar-refractivity contribution >= 4 is 10.8 Å². The fourth-order valence-electron chi connectivity index (χ4n) is 9.02. The van der Waals surface area contributed by atoms with Crippen LogP contribution in [-0.2, 0) is 4.74 Å². The molecule has 6 atom stereocenters. The topological polar surface area (TPSA) is 25.4 Å². The molecule has 1 aromatic heterocycles. The number of nitrogens with zero attached hydrogens (tertiary/aromatic N) is 2. The third-order valence-corrected chi connectivity index (χ3v) is 11.1. The van der Waals surface area contributed by atoms with E-state index in [9.17, 15) is 0 Å². The Balaban J connectivity index is 1.25. The Bertz CT molecular complexity index is 1250. The van der Waals surface area contributed by atoms with Gasteiger partial charge in [-0.05, 0) is 124 Å². The Morgan fingerprint density at radius 2 is 1.97 bits per heavy atom. The van der Waals surface area contributed by atoms with E-state index >= 15 is 0 Å². The SMILES string of the molecule is CC(C)N(C)[C@H]1CCC2=CC3=CC[C@]4(C)C(c5ccc6ccncc6c5)CC[C@H]4[C@@]34CC[C@]2(C1)O4. The molecule has 2 spiro atoms. The first-order chi connectivity index (χ1) is 16.8. The number of aromatic nitrogens is 1. The van der Waals surface area contributed by atoms with E-state index in [4.69, 9.17) is 4.74 Å². The van der Waals surface area contributed by atoms with Crippen molar-refractivity contribution in [1.29, 1.82) is 0 Å². The summed E-state index contributed by atoms with van der Waals surface area (Å²) in [7, 11) is 2.32. The first-order valence-electron chi connectivity index (χ1n) is 14.0. The first kappa shape index (κ1) is 22.2. The molecule has 35 heavy (non-hydrogen) atoms. The summed E-state index contributed by atoms with van der Waals surface area (Å²) in [5.74, 6) is 1.19. The number of hydrogen-bond acceptors (Lipinski definition) is 3. The van der Waals surface area contributed by atoms with Crippen molar-refractivity contribution in [2.24, 2.45) is 11.3 Å². The number of pyridine rings is 1. The van der Waals surface area contributed by atoms with Gasteiger partial charge in [0.05, 0.1) is 11.2 Å². The average molecular weight is 469 g/mol.